The number of carbonyl (C=O) groups is 2. The maximum absolute atomic E-state index is 15.2. The number of nitrogens with one attached hydrogen (secondary N) is 3. The van der Waals surface area contributed by atoms with Crippen molar-refractivity contribution in [1.82, 2.24) is 25.0 Å². The lowest BCUT2D eigenvalue weighted by Crippen LogP contribution is -2.59. The Kier molecular flexibility index (Phi) is 6.76. The van der Waals surface area contributed by atoms with Gasteiger partial charge in [0.05, 0.1) is 22.4 Å². The van der Waals surface area contributed by atoms with Crippen molar-refractivity contribution in [3.05, 3.63) is 41.7 Å². The topological polar surface area (TPSA) is 171 Å². The minimum absolute atomic E-state index is 0.0531. The largest absolute Gasteiger partial charge is 0.465 e. The molecule has 1 unspecified atom stereocenters. The number of hydrogen-bond acceptors (Lipinski definition) is 9. The van der Waals surface area contributed by atoms with Gasteiger partial charge in [0.1, 0.15) is 34.4 Å². The minimum Gasteiger partial charge on any atom is -0.465 e. The summed E-state index contributed by atoms with van der Waals surface area (Å²) in [5, 5.41) is 13.4. The number of amides is 2. The van der Waals surface area contributed by atoms with Crippen LogP contribution < -0.4 is 20.1 Å². The van der Waals surface area contributed by atoms with Gasteiger partial charge < -0.3 is 19.7 Å². The SMILES string of the molecule is CC1(C)C(NC(=O)O)=N[C@](C)(c2nc(NC(=O)c3cnc(OC(F)F)cn3)ccc2F)[C@@H]2CCNS21O. The van der Waals surface area contributed by atoms with E-state index < -0.39 is 56.3 Å². The van der Waals surface area contributed by atoms with E-state index in [-0.39, 0.29) is 23.0 Å². The summed E-state index contributed by atoms with van der Waals surface area (Å²) < 4.78 is 57.6. The summed E-state index contributed by atoms with van der Waals surface area (Å²) in [5.74, 6) is -2.21. The van der Waals surface area contributed by atoms with Crippen LogP contribution in [0.1, 0.15) is 43.4 Å². The molecule has 2 aromatic heterocycles. The van der Waals surface area contributed by atoms with Crippen molar-refractivity contribution in [2.45, 2.75) is 49.3 Å². The number of carbonyl (C=O) groups excluding carboxylic acids is 1. The number of ether oxygens (including phenoxy) is 1. The number of halogens is 3. The molecule has 2 aliphatic rings. The van der Waals surface area contributed by atoms with Crippen LogP contribution in [-0.4, -0.2) is 65.6 Å². The molecule has 4 rings (SSSR count). The van der Waals surface area contributed by atoms with E-state index in [9.17, 15) is 28.0 Å². The number of hydrogen-bond donors (Lipinski definition) is 5. The van der Waals surface area contributed by atoms with Gasteiger partial charge in [0.2, 0.25) is 5.88 Å². The van der Waals surface area contributed by atoms with Crippen molar-refractivity contribution in [3.8, 4) is 5.88 Å². The van der Waals surface area contributed by atoms with E-state index in [4.69, 9.17) is 0 Å². The highest BCUT2D eigenvalue weighted by Crippen LogP contribution is 2.67. The number of rotatable bonds is 5. The zero-order valence-electron chi connectivity index (χ0n) is 19.8. The van der Waals surface area contributed by atoms with Gasteiger partial charge in [-0.2, -0.15) is 8.78 Å². The van der Waals surface area contributed by atoms with Crippen molar-refractivity contribution in [1.29, 1.82) is 0 Å². The zero-order valence-corrected chi connectivity index (χ0v) is 20.6. The van der Waals surface area contributed by atoms with Crippen LogP contribution in [0, 0.1) is 5.82 Å². The third kappa shape index (κ3) is 4.67. The average molecular weight is 544 g/mol. The normalized spacial score (nSPS) is 28.0. The average Bonchev–Trinajstić information content (AvgIpc) is 3.23. The van der Waals surface area contributed by atoms with Gasteiger partial charge in [0, 0.05) is 6.54 Å². The number of aromatic nitrogens is 3. The molecule has 2 amide bonds. The fourth-order valence-electron chi connectivity index (χ4n) is 4.47. The monoisotopic (exact) mass is 543 g/mol. The molecule has 0 saturated carbocycles. The molecule has 0 bridgehead atoms. The van der Waals surface area contributed by atoms with Gasteiger partial charge in [-0.3, -0.25) is 19.8 Å². The predicted molar refractivity (Wildman–Crippen MR) is 127 cm³/mol. The molecule has 16 heteroatoms. The number of carboxylic acid groups (broad SMARTS) is 1. The number of amidine groups is 1. The second-order valence-corrected chi connectivity index (χ2v) is 12.1. The van der Waals surface area contributed by atoms with Crippen LogP contribution in [0.5, 0.6) is 5.88 Å². The number of nitrogens with zero attached hydrogens (tertiary/aromatic N) is 4. The number of aliphatic imine (C=N–C) groups is 1. The van der Waals surface area contributed by atoms with E-state index in [1.807, 2.05) is 0 Å². The van der Waals surface area contributed by atoms with Crippen molar-refractivity contribution in [2.75, 3.05) is 11.9 Å². The Balaban J connectivity index is 1.70. The van der Waals surface area contributed by atoms with E-state index in [1.54, 1.807) is 20.8 Å². The summed E-state index contributed by atoms with van der Waals surface area (Å²) in [6, 6.07) is 2.26. The minimum atomic E-state index is -3.11. The van der Waals surface area contributed by atoms with Crippen LogP contribution in [0.2, 0.25) is 0 Å². The van der Waals surface area contributed by atoms with Gasteiger partial charge in [0.15, 0.2) is 0 Å². The Labute approximate surface area is 210 Å². The summed E-state index contributed by atoms with van der Waals surface area (Å²) in [7, 11) is -2.77. The standard InChI is InChI=1S/C21H24F3N7O5S/c1-20(2)17(30-19(33)34)31-21(3,12-6-7-27-37(12,20)35)15-10(22)4-5-13(28-15)29-16(32)11-8-26-14(9-25-11)36-18(23)24/h4-5,8-9,12,18,27,35H,6-7H2,1-3H3,(H,30,31)(H,33,34)(H,28,29,32)/t12-,21-/m0/s1. The molecule has 0 radical (unpaired) electrons. The molecule has 1 saturated heterocycles. The molecule has 0 aromatic carbocycles. The summed E-state index contributed by atoms with van der Waals surface area (Å²) in [6.45, 7) is 2.15. The second kappa shape index (κ2) is 9.42. The molecular weight excluding hydrogens is 519 g/mol. The van der Waals surface area contributed by atoms with Crippen molar-refractivity contribution < 1.29 is 37.2 Å². The summed E-state index contributed by atoms with van der Waals surface area (Å²) in [6.07, 6.45) is 0.784. The molecule has 12 nitrogen and oxygen atoms in total. The third-order valence-electron chi connectivity index (χ3n) is 6.32. The first-order valence-corrected chi connectivity index (χ1v) is 12.6. The first-order chi connectivity index (χ1) is 17.3. The lowest BCUT2D eigenvalue weighted by Gasteiger charge is -2.56. The number of alkyl halides is 2. The summed E-state index contributed by atoms with van der Waals surface area (Å²) in [4.78, 5) is 40.2. The molecule has 2 aromatic rings. The fourth-order valence-corrected chi connectivity index (χ4v) is 7.85. The van der Waals surface area contributed by atoms with Gasteiger partial charge in [0.25, 0.3) is 5.91 Å². The highest BCUT2D eigenvalue weighted by Gasteiger charge is 2.62. The molecule has 37 heavy (non-hydrogen) atoms. The van der Waals surface area contributed by atoms with Gasteiger partial charge in [-0.05, 0) is 39.3 Å². The predicted octanol–water partition coefficient (Wildman–Crippen LogP) is 3.09. The summed E-state index contributed by atoms with van der Waals surface area (Å²) >= 11 is 0. The van der Waals surface area contributed by atoms with Crippen molar-refractivity contribution in [3.63, 3.8) is 0 Å². The zero-order chi connectivity index (χ0) is 27.2. The van der Waals surface area contributed by atoms with Crippen molar-refractivity contribution >= 4 is 34.1 Å². The van der Waals surface area contributed by atoms with Gasteiger partial charge >= 0.3 is 12.7 Å². The van der Waals surface area contributed by atoms with E-state index in [0.717, 1.165) is 18.5 Å². The Hall–Kier alpha value is -3.50. The Morgan fingerprint density at radius 2 is 1.95 bits per heavy atom. The first-order valence-electron chi connectivity index (χ1n) is 10.9. The summed E-state index contributed by atoms with van der Waals surface area (Å²) in [5.41, 5.74) is -1.96. The van der Waals surface area contributed by atoms with E-state index in [0.29, 0.717) is 13.0 Å². The van der Waals surface area contributed by atoms with Crippen LogP contribution in [0.4, 0.5) is 23.8 Å². The van der Waals surface area contributed by atoms with E-state index >= 15 is 4.39 Å². The quantitative estimate of drug-likeness (QED) is 0.380. The number of anilines is 1. The van der Waals surface area contributed by atoms with Crippen LogP contribution in [0.15, 0.2) is 29.5 Å². The van der Waals surface area contributed by atoms with E-state index in [1.165, 1.54) is 6.07 Å². The molecule has 0 spiro atoms. The van der Waals surface area contributed by atoms with Crippen molar-refractivity contribution in [2.24, 2.45) is 4.99 Å². The molecule has 2 aliphatic heterocycles. The molecule has 200 valence electrons. The van der Waals surface area contributed by atoms with Crippen LogP contribution in [0.25, 0.3) is 0 Å². The smallest absolute Gasteiger partial charge is 0.410 e. The molecule has 1 fully saturated rings. The fraction of sp³-hybridized carbons (Fsp3) is 0.429. The first kappa shape index (κ1) is 26.6. The lowest BCUT2D eigenvalue weighted by molar-refractivity contribution is -0.0531. The molecule has 3 atom stereocenters. The van der Waals surface area contributed by atoms with Crippen LogP contribution in [0.3, 0.4) is 0 Å². The molecular formula is C21H24F3N7O5S. The van der Waals surface area contributed by atoms with E-state index in [2.05, 4.69) is 40.0 Å². The van der Waals surface area contributed by atoms with Crippen LogP contribution >= 0.6 is 10.5 Å². The molecule has 0 aliphatic carbocycles. The highest BCUT2D eigenvalue weighted by molar-refractivity contribution is 8.29. The third-order valence-corrected chi connectivity index (χ3v) is 10.2. The maximum Gasteiger partial charge on any atom is 0.410 e. The Morgan fingerprint density at radius 3 is 2.57 bits per heavy atom. The molecule has 5 N–H and O–H groups in total. The number of fused-ring (bicyclic) bond motifs is 1. The Morgan fingerprint density at radius 1 is 1.22 bits per heavy atom. The molecule has 4 heterocycles. The lowest BCUT2D eigenvalue weighted by atomic mass is 9.89. The maximum atomic E-state index is 15.2. The van der Waals surface area contributed by atoms with Gasteiger partial charge in [-0.15, -0.1) is 0 Å². The Bertz CT molecular complexity index is 1270. The van der Waals surface area contributed by atoms with Gasteiger partial charge in [-0.1, -0.05) is 10.5 Å². The number of pyridine rings is 1. The highest BCUT2D eigenvalue weighted by atomic mass is 32.3. The van der Waals surface area contributed by atoms with Gasteiger partial charge in [-0.25, -0.2) is 24.1 Å². The van der Waals surface area contributed by atoms with Crippen LogP contribution in [-0.2, 0) is 5.54 Å². The second-order valence-electron chi connectivity index (χ2n) is 8.95.